The largest absolute Gasteiger partial charge is 0.492 e. The standard InChI is InChI=1S/C51H70O9/c1-33-26-44(56-31-46(52)58-49(3,4)5)40(35-20-14-12-15-21-35)28-38(33)42(30-55-43-25-19-18-24-37(43)48(54)60-51(9,10)11)39-29-41(36-22-16-13-17-23-36)45(27-34(39)2)57-32-47(53)59-50(6,7)8/h18-19,24-29,35-36,42H,12-17,20-23,30-32H2,1-11H3. The first-order chi connectivity index (χ1) is 28.2. The van der Waals surface area contributed by atoms with E-state index in [1.165, 1.54) is 12.8 Å². The van der Waals surface area contributed by atoms with Crippen molar-refractivity contribution in [2.24, 2.45) is 0 Å². The number of aryl methyl sites for hydroxylation is 2. The SMILES string of the molecule is Cc1cc(OCC(=O)OC(C)(C)C)c(C2CCCCC2)cc1C(COc1ccccc1C(=O)OC(C)(C)C)c1cc(C2CCCCC2)c(OCC(=O)OC(C)(C)C)cc1C. The first-order valence-corrected chi connectivity index (χ1v) is 22.1. The minimum Gasteiger partial charge on any atom is -0.492 e. The second-order valence-corrected chi connectivity index (χ2v) is 19.8. The Hall–Kier alpha value is -4.53. The van der Waals surface area contributed by atoms with Crippen molar-refractivity contribution >= 4 is 17.9 Å². The number of hydrogen-bond acceptors (Lipinski definition) is 9. The summed E-state index contributed by atoms with van der Waals surface area (Å²) in [5.41, 5.74) is 4.76. The van der Waals surface area contributed by atoms with E-state index < -0.39 is 34.7 Å². The Kier molecular flexibility index (Phi) is 15.4. The molecule has 9 heteroatoms. The van der Waals surface area contributed by atoms with Crippen LogP contribution in [0.3, 0.4) is 0 Å². The van der Waals surface area contributed by atoms with Crippen LogP contribution in [0.25, 0.3) is 0 Å². The Morgan fingerprint density at radius 3 is 1.38 bits per heavy atom. The van der Waals surface area contributed by atoms with Gasteiger partial charge in [-0.3, -0.25) is 0 Å². The molecule has 2 fully saturated rings. The van der Waals surface area contributed by atoms with Gasteiger partial charge in [-0.15, -0.1) is 0 Å². The average molecular weight is 827 g/mol. The van der Waals surface area contributed by atoms with E-state index >= 15 is 0 Å². The van der Waals surface area contributed by atoms with Crippen molar-refractivity contribution in [3.63, 3.8) is 0 Å². The lowest BCUT2D eigenvalue weighted by molar-refractivity contribution is -0.158. The van der Waals surface area contributed by atoms with E-state index in [4.69, 9.17) is 28.4 Å². The van der Waals surface area contributed by atoms with Crippen LogP contribution in [-0.2, 0) is 23.8 Å². The van der Waals surface area contributed by atoms with Crippen LogP contribution < -0.4 is 14.2 Å². The van der Waals surface area contributed by atoms with Crippen LogP contribution in [0, 0.1) is 13.8 Å². The van der Waals surface area contributed by atoms with Gasteiger partial charge in [0.25, 0.3) is 0 Å². The minimum absolute atomic E-state index is 0.182. The number of carbonyl (C=O) groups is 3. The van der Waals surface area contributed by atoms with Crippen LogP contribution in [0.15, 0.2) is 48.5 Å². The van der Waals surface area contributed by atoms with Gasteiger partial charge >= 0.3 is 17.9 Å². The molecule has 0 unspecified atom stereocenters. The van der Waals surface area contributed by atoms with E-state index in [0.717, 1.165) is 84.7 Å². The lowest BCUT2D eigenvalue weighted by atomic mass is 9.78. The van der Waals surface area contributed by atoms with E-state index in [1.807, 2.05) is 80.5 Å². The van der Waals surface area contributed by atoms with E-state index in [1.54, 1.807) is 6.07 Å². The molecule has 0 atom stereocenters. The molecule has 3 aromatic rings. The highest BCUT2D eigenvalue weighted by atomic mass is 16.6. The highest BCUT2D eigenvalue weighted by Gasteiger charge is 2.30. The van der Waals surface area contributed by atoms with Gasteiger partial charge in [0.2, 0.25) is 0 Å². The van der Waals surface area contributed by atoms with E-state index in [2.05, 4.69) is 38.1 Å². The summed E-state index contributed by atoms with van der Waals surface area (Å²) in [7, 11) is 0. The lowest BCUT2D eigenvalue weighted by Crippen LogP contribution is -2.27. The van der Waals surface area contributed by atoms with Crippen LogP contribution in [0.4, 0.5) is 0 Å². The van der Waals surface area contributed by atoms with Crippen molar-refractivity contribution in [1.82, 2.24) is 0 Å². The molecule has 5 rings (SSSR count). The highest BCUT2D eigenvalue weighted by molar-refractivity contribution is 5.92. The number of esters is 3. The zero-order valence-electron chi connectivity index (χ0n) is 38.2. The first-order valence-electron chi connectivity index (χ1n) is 22.1. The Labute approximate surface area is 359 Å². The van der Waals surface area contributed by atoms with Crippen LogP contribution >= 0.6 is 0 Å². The van der Waals surface area contributed by atoms with Gasteiger partial charge in [0, 0.05) is 5.92 Å². The lowest BCUT2D eigenvalue weighted by Gasteiger charge is -2.30. The minimum atomic E-state index is -0.674. The smallest absolute Gasteiger partial charge is 0.344 e. The van der Waals surface area contributed by atoms with Crippen LogP contribution in [-0.4, -0.2) is 54.5 Å². The molecule has 0 spiro atoms. The maximum absolute atomic E-state index is 13.5. The monoisotopic (exact) mass is 827 g/mol. The topological polar surface area (TPSA) is 107 Å². The molecule has 3 aromatic carbocycles. The summed E-state index contributed by atoms with van der Waals surface area (Å²) in [4.78, 5) is 39.2. The summed E-state index contributed by atoms with van der Waals surface area (Å²) >= 11 is 0. The third kappa shape index (κ3) is 13.5. The molecule has 0 aliphatic heterocycles. The Bertz CT molecular complexity index is 1840. The molecular weight excluding hydrogens is 757 g/mol. The Balaban J connectivity index is 1.63. The van der Waals surface area contributed by atoms with Gasteiger partial charge in [-0.1, -0.05) is 62.8 Å². The molecule has 0 bridgehead atoms. The van der Waals surface area contributed by atoms with Crippen LogP contribution in [0.1, 0.15) is 188 Å². The van der Waals surface area contributed by atoms with Gasteiger partial charge in [0.05, 0.1) is 6.61 Å². The summed E-state index contributed by atoms with van der Waals surface area (Å²) < 4.78 is 36.4. The zero-order chi connectivity index (χ0) is 43.8. The predicted molar refractivity (Wildman–Crippen MR) is 236 cm³/mol. The normalized spacial score (nSPS) is 15.7. The van der Waals surface area contributed by atoms with Crippen molar-refractivity contribution in [3.05, 3.63) is 87.5 Å². The zero-order valence-corrected chi connectivity index (χ0v) is 38.2. The van der Waals surface area contributed by atoms with Crippen molar-refractivity contribution in [1.29, 1.82) is 0 Å². The maximum atomic E-state index is 13.5. The van der Waals surface area contributed by atoms with Gasteiger partial charge < -0.3 is 28.4 Å². The van der Waals surface area contributed by atoms with Gasteiger partial charge in [0.15, 0.2) is 13.2 Å². The molecular formula is C51H70O9. The van der Waals surface area contributed by atoms with Gasteiger partial charge in [-0.05, 0) is 171 Å². The Morgan fingerprint density at radius 1 is 0.550 bits per heavy atom. The number of rotatable bonds is 14. The Morgan fingerprint density at radius 2 is 0.967 bits per heavy atom. The second-order valence-electron chi connectivity index (χ2n) is 19.8. The highest BCUT2D eigenvalue weighted by Crippen LogP contribution is 2.45. The molecule has 0 N–H and O–H groups in total. The summed E-state index contributed by atoms with van der Waals surface area (Å²) in [6.07, 6.45) is 11.0. The van der Waals surface area contributed by atoms with Crippen molar-refractivity contribution in [3.8, 4) is 17.2 Å². The molecule has 0 aromatic heterocycles. The van der Waals surface area contributed by atoms with E-state index in [9.17, 15) is 14.4 Å². The molecule has 2 saturated carbocycles. The van der Waals surface area contributed by atoms with Gasteiger partial charge in [-0.25, -0.2) is 14.4 Å². The van der Waals surface area contributed by atoms with Crippen molar-refractivity contribution < 1.29 is 42.8 Å². The molecule has 0 amide bonds. The molecule has 60 heavy (non-hydrogen) atoms. The van der Waals surface area contributed by atoms with Crippen molar-refractivity contribution in [2.45, 2.75) is 175 Å². The molecule has 328 valence electrons. The quantitative estimate of drug-likeness (QED) is 0.116. The molecule has 0 saturated heterocycles. The fourth-order valence-corrected chi connectivity index (χ4v) is 8.53. The van der Waals surface area contributed by atoms with E-state index in [0.29, 0.717) is 22.8 Å². The molecule has 9 nitrogen and oxygen atoms in total. The molecule has 2 aliphatic carbocycles. The number of para-hydroxylation sites is 1. The van der Waals surface area contributed by atoms with Crippen molar-refractivity contribution in [2.75, 3.05) is 19.8 Å². The predicted octanol–water partition coefficient (Wildman–Crippen LogP) is 12.0. The third-order valence-corrected chi connectivity index (χ3v) is 11.1. The third-order valence-electron chi connectivity index (χ3n) is 11.1. The number of benzene rings is 3. The summed E-state index contributed by atoms with van der Waals surface area (Å²) in [5.74, 6) is 0.848. The molecule has 0 heterocycles. The fraction of sp³-hybridized carbons (Fsp3) is 0.588. The number of hydrogen-bond donors (Lipinski definition) is 0. The summed E-state index contributed by atoms with van der Waals surface area (Å²) in [6.45, 7) is 20.7. The van der Waals surface area contributed by atoms with Gasteiger partial charge in [0.1, 0.15) is 39.6 Å². The summed E-state index contributed by atoms with van der Waals surface area (Å²) in [5, 5.41) is 0. The van der Waals surface area contributed by atoms with Crippen LogP contribution in [0.2, 0.25) is 0 Å². The fourth-order valence-electron chi connectivity index (χ4n) is 8.53. The number of ether oxygens (including phenoxy) is 6. The number of carbonyl (C=O) groups excluding carboxylic acids is 3. The first kappa shape index (κ1) is 46.5. The molecule has 0 radical (unpaired) electrons. The van der Waals surface area contributed by atoms with Crippen LogP contribution in [0.5, 0.6) is 17.2 Å². The molecule has 2 aliphatic rings. The summed E-state index contributed by atoms with van der Waals surface area (Å²) in [6, 6.07) is 15.9. The average Bonchev–Trinajstić information content (AvgIpc) is 3.16. The van der Waals surface area contributed by atoms with Gasteiger partial charge in [-0.2, -0.15) is 0 Å². The van der Waals surface area contributed by atoms with E-state index in [-0.39, 0.29) is 37.6 Å². The second kappa shape index (κ2) is 19.9. The maximum Gasteiger partial charge on any atom is 0.344 e.